The molecule has 0 unspecified atom stereocenters. The van der Waals surface area contributed by atoms with Crippen molar-refractivity contribution in [1.29, 1.82) is 0 Å². The Morgan fingerprint density at radius 2 is 1.73 bits per heavy atom. The highest BCUT2D eigenvalue weighted by Gasteiger charge is 2.27. The van der Waals surface area contributed by atoms with Gasteiger partial charge in [-0.25, -0.2) is 4.79 Å². The number of nitrogens with one attached hydrogen (secondary N) is 2. The molecule has 0 aliphatic carbocycles. The zero-order valence-electron chi connectivity index (χ0n) is 18.2. The van der Waals surface area contributed by atoms with Crippen LogP contribution < -0.4 is 16.4 Å². The lowest BCUT2D eigenvalue weighted by atomic mass is 10.0. The van der Waals surface area contributed by atoms with E-state index in [1.807, 2.05) is 44.2 Å². The van der Waals surface area contributed by atoms with E-state index in [0.717, 1.165) is 12.0 Å². The van der Waals surface area contributed by atoms with Gasteiger partial charge in [0.1, 0.15) is 19.3 Å². The molecular weight excluding hydrogens is 386 g/mol. The van der Waals surface area contributed by atoms with E-state index in [2.05, 4.69) is 10.6 Å². The number of methoxy groups -OCH3 is 1. The lowest BCUT2D eigenvalue weighted by molar-refractivity contribution is -0.131. The normalized spacial score (nSPS) is 12.8. The van der Waals surface area contributed by atoms with Gasteiger partial charge in [0.05, 0.1) is 6.04 Å². The summed E-state index contributed by atoms with van der Waals surface area (Å²) in [5, 5.41) is 5.39. The Hall–Kier alpha value is -2.45. The molecule has 0 radical (unpaired) electrons. The number of hydrogen-bond donors (Lipinski definition) is 3. The molecule has 1 rings (SSSR count). The van der Waals surface area contributed by atoms with Gasteiger partial charge in [-0.15, -0.1) is 0 Å². The van der Waals surface area contributed by atoms with Gasteiger partial charge >= 0.3 is 6.09 Å². The van der Waals surface area contributed by atoms with Crippen molar-refractivity contribution in [2.24, 2.45) is 11.7 Å². The van der Waals surface area contributed by atoms with Crippen molar-refractivity contribution in [3.05, 3.63) is 35.9 Å². The van der Waals surface area contributed by atoms with Gasteiger partial charge in [0.25, 0.3) is 0 Å². The number of amides is 2. The molecule has 0 bridgehead atoms. The van der Waals surface area contributed by atoms with Crippen LogP contribution in [-0.4, -0.2) is 50.1 Å². The fraction of sp³-hybridized carbons (Fsp3) is 0.591. The minimum atomic E-state index is -0.805. The van der Waals surface area contributed by atoms with Gasteiger partial charge in [0, 0.05) is 7.11 Å². The average Bonchev–Trinajstić information content (AvgIpc) is 2.71. The van der Waals surface area contributed by atoms with Crippen molar-refractivity contribution in [2.75, 3.05) is 20.3 Å². The zero-order valence-corrected chi connectivity index (χ0v) is 18.2. The third-order valence-corrected chi connectivity index (χ3v) is 4.47. The van der Waals surface area contributed by atoms with E-state index in [9.17, 15) is 14.4 Å². The Kier molecular flexibility index (Phi) is 12.4. The van der Waals surface area contributed by atoms with Crippen LogP contribution in [0.15, 0.2) is 30.3 Å². The lowest BCUT2D eigenvalue weighted by Crippen LogP contribution is -2.52. The Morgan fingerprint density at radius 3 is 2.33 bits per heavy atom. The smallest absolute Gasteiger partial charge is 0.408 e. The number of carbonyl (C=O) groups excluding carboxylic acids is 3. The van der Waals surface area contributed by atoms with Crippen LogP contribution in [0, 0.1) is 5.92 Å². The van der Waals surface area contributed by atoms with Crippen LogP contribution in [0.4, 0.5) is 4.79 Å². The number of unbranched alkanes of at least 4 members (excludes halogenated alkanes) is 1. The molecule has 4 N–H and O–H groups in total. The van der Waals surface area contributed by atoms with Crippen LogP contribution >= 0.6 is 0 Å². The van der Waals surface area contributed by atoms with Crippen molar-refractivity contribution < 1.29 is 23.9 Å². The number of carbonyl (C=O) groups is 3. The number of ether oxygens (including phenoxy) is 2. The SMILES string of the molecule is COCC(=O)[C@H](CCCCN)NC(=O)[C@H](CC(C)C)NC(=O)OCc1ccccc1. The topological polar surface area (TPSA) is 120 Å². The van der Waals surface area contributed by atoms with Crippen LogP contribution in [0.5, 0.6) is 0 Å². The van der Waals surface area contributed by atoms with Gasteiger partial charge in [-0.2, -0.15) is 0 Å². The standard InChI is InChI=1S/C22H35N3O5/c1-16(2)13-19(25-22(28)30-14-17-9-5-4-6-10-17)21(27)24-18(11-7-8-12-23)20(26)15-29-3/h4-6,9-10,16,18-19H,7-8,11-15,23H2,1-3H3,(H,24,27)(H,25,28)/t18-,19-/m0/s1. The second kappa shape index (κ2) is 14.5. The van der Waals surface area contributed by atoms with Crippen molar-refractivity contribution in [3.63, 3.8) is 0 Å². The number of alkyl carbamates (subject to hydrolysis) is 1. The number of ketones is 1. The van der Waals surface area contributed by atoms with Gasteiger partial charge in [0.2, 0.25) is 5.91 Å². The highest BCUT2D eigenvalue weighted by atomic mass is 16.5. The molecule has 1 aromatic carbocycles. The molecule has 0 aliphatic heterocycles. The average molecular weight is 422 g/mol. The summed E-state index contributed by atoms with van der Waals surface area (Å²) in [4.78, 5) is 37.4. The maximum Gasteiger partial charge on any atom is 0.408 e. The molecule has 0 aromatic heterocycles. The highest BCUT2D eigenvalue weighted by molar-refractivity contribution is 5.92. The first kappa shape index (κ1) is 25.6. The molecule has 0 heterocycles. The Bertz CT molecular complexity index is 651. The predicted molar refractivity (Wildman–Crippen MR) is 115 cm³/mol. The summed E-state index contributed by atoms with van der Waals surface area (Å²) >= 11 is 0. The molecule has 2 atom stereocenters. The number of rotatable bonds is 14. The molecule has 0 saturated heterocycles. The molecule has 0 saturated carbocycles. The second-order valence-electron chi connectivity index (χ2n) is 7.63. The van der Waals surface area contributed by atoms with Gasteiger partial charge in [-0.05, 0) is 43.7 Å². The predicted octanol–water partition coefficient (Wildman–Crippen LogP) is 2.16. The Morgan fingerprint density at radius 1 is 1.03 bits per heavy atom. The first-order valence-electron chi connectivity index (χ1n) is 10.4. The van der Waals surface area contributed by atoms with E-state index in [4.69, 9.17) is 15.2 Å². The van der Waals surface area contributed by atoms with Crippen LogP contribution in [0.1, 0.15) is 45.1 Å². The minimum absolute atomic E-state index is 0.0883. The van der Waals surface area contributed by atoms with Crippen molar-refractivity contribution in [3.8, 4) is 0 Å². The summed E-state index contributed by atoms with van der Waals surface area (Å²) < 4.78 is 10.2. The summed E-state index contributed by atoms with van der Waals surface area (Å²) in [6.45, 7) is 4.44. The molecule has 0 fully saturated rings. The number of nitrogens with two attached hydrogens (primary N) is 1. The lowest BCUT2D eigenvalue weighted by Gasteiger charge is -2.23. The van der Waals surface area contributed by atoms with Crippen LogP contribution in [0.25, 0.3) is 0 Å². The fourth-order valence-corrected chi connectivity index (χ4v) is 2.93. The Labute approximate surface area is 178 Å². The summed E-state index contributed by atoms with van der Waals surface area (Å²) in [6.07, 6.45) is 1.67. The molecule has 0 spiro atoms. The van der Waals surface area contributed by atoms with Gasteiger partial charge in [-0.3, -0.25) is 9.59 Å². The Balaban J connectivity index is 2.71. The monoisotopic (exact) mass is 421 g/mol. The van der Waals surface area contributed by atoms with E-state index in [1.165, 1.54) is 7.11 Å². The summed E-state index contributed by atoms with van der Waals surface area (Å²) in [6, 6.07) is 7.79. The van der Waals surface area contributed by atoms with Crippen molar-refractivity contribution in [2.45, 2.75) is 58.2 Å². The minimum Gasteiger partial charge on any atom is -0.445 e. The first-order chi connectivity index (χ1) is 14.4. The van der Waals surface area contributed by atoms with E-state index in [-0.39, 0.29) is 24.9 Å². The molecule has 8 nitrogen and oxygen atoms in total. The second-order valence-corrected chi connectivity index (χ2v) is 7.63. The maximum atomic E-state index is 12.8. The van der Waals surface area contributed by atoms with E-state index < -0.39 is 24.1 Å². The van der Waals surface area contributed by atoms with Crippen molar-refractivity contribution >= 4 is 17.8 Å². The summed E-state index contributed by atoms with van der Waals surface area (Å²) in [7, 11) is 1.43. The number of Topliss-reactive ketones (excluding diaryl/α,β-unsaturated/α-hetero) is 1. The zero-order chi connectivity index (χ0) is 22.4. The molecule has 1 aromatic rings. The molecular formula is C22H35N3O5. The van der Waals surface area contributed by atoms with E-state index in [1.54, 1.807) is 0 Å². The summed E-state index contributed by atoms with van der Waals surface area (Å²) in [5.74, 6) is -0.471. The number of hydrogen-bond acceptors (Lipinski definition) is 6. The molecule has 8 heteroatoms. The maximum absolute atomic E-state index is 12.8. The van der Waals surface area contributed by atoms with Crippen LogP contribution in [-0.2, 0) is 25.7 Å². The fourth-order valence-electron chi connectivity index (χ4n) is 2.93. The third-order valence-electron chi connectivity index (χ3n) is 4.47. The summed E-state index contributed by atoms with van der Waals surface area (Å²) in [5.41, 5.74) is 6.37. The molecule has 168 valence electrons. The van der Waals surface area contributed by atoms with Gasteiger partial charge in [0.15, 0.2) is 5.78 Å². The van der Waals surface area contributed by atoms with Gasteiger partial charge in [-0.1, -0.05) is 44.2 Å². The van der Waals surface area contributed by atoms with Crippen LogP contribution in [0.3, 0.4) is 0 Å². The third kappa shape index (κ3) is 10.4. The van der Waals surface area contributed by atoms with Gasteiger partial charge < -0.3 is 25.8 Å². The van der Waals surface area contributed by atoms with E-state index >= 15 is 0 Å². The van der Waals surface area contributed by atoms with Crippen molar-refractivity contribution in [1.82, 2.24) is 10.6 Å². The molecule has 0 aliphatic rings. The highest BCUT2D eigenvalue weighted by Crippen LogP contribution is 2.09. The molecule has 2 amide bonds. The molecule has 30 heavy (non-hydrogen) atoms. The number of benzene rings is 1. The first-order valence-corrected chi connectivity index (χ1v) is 10.4. The largest absolute Gasteiger partial charge is 0.445 e. The quantitative estimate of drug-likeness (QED) is 0.396. The van der Waals surface area contributed by atoms with E-state index in [0.29, 0.717) is 25.8 Å². The van der Waals surface area contributed by atoms with Crippen LogP contribution in [0.2, 0.25) is 0 Å².